The predicted octanol–water partition coefficient (Wildman–Crippen LogP) is 4.36. The van der Waals surface area contributed by atoms with Crippen molar-refractivity contribution in [2.75, 3.05) is 39.4 Å². The molecule has 0 unspecified atom stereocenters. The molecule has 1 aromatic heterocycles. The van der Waals surface area contributed by atoms with Crippen molar-refractivity contribution in [3.63, 3.8) is 0 Å². The van der Waals surface area contributed by atoms with Crippen molar-refractivity contribution >= 4 is 23.9 Å². The van der Waals surface area contributed by atoms with E-state index in [0.29, 0.717) is 34.5 Å². The summed E-state index contributed by atoms with van der Waals surface area (Å²) in [7, 11) is 4.77. The summed E-state index contributed by atoms with van der Waals surface area (Å²) in [6, 6.07) is 13.2. The first-order valence-electron chi connectivity index (χ1n) is 9.63. The SMILES string of the molecule is COc1ccc(CCNc2cc(-c3ccc(OC)c(OC)c3)nc(SC)n2)cc1C=O. The van der Waals surface area contributed by atoms with Crippen LogP contribution in [0.5, 0.6) is 17.2 Å². The lowest BCUT2D eigenvalue weighted by Gasteiger charge is -2.12. The van der Waals surface area contributed by atoms with E-state index in [9.17, 15) is 4.79 Å². The maximum absolute atomic E-state index is 11.2. The van der Waals surface area contributed by atoms with E-state index >= 15 is 0 Å². The Morgan fingerprint density at radius 3 is 2.35 bits per heavy atom. The number of hydrogen-bond donors (Lipinski definition) is 1. The highest BCUT2D eigenvalue weighted by Gasteiger charge is 2.11. The van der Waals surface area contributed by atoms with Gasteiger partial charge < -0.3 is 19.5 Å². The van der Waals surface area contributed by atoms with Gasteiger partial charge in [0.2, 0.25) is 0 Å². The maximum atomic E-state index is 11.2. The highest BCUT2D eigenvalue weighted by atomic mass is 32.2. The van der Waals surface area contributed by atoms with Crippen LogP contribution in [0.4, 0.5) is 5.82 Å². The van der Waals surface area contributed by atoms with Crippen molar-refractivity contribution in [3.05, 3.63) is 53.6 Å². The molecule has 3 rings (SSSR count). The number of nitrogens with one attached hydrogen (secondary N) is 1. The second kappa shape index (κ2) is 10.7. The zero-order valence-corrected chi connectivity index (χ0v) is 18.8. The number of hydrogen-bond acceptors (Lipinski definition) is 8. The van der Waals surface area contributed by atoms with Gasteiger partial charge in [0.25, 0.3) is 0 Å². The molecule has 162 valence electrons. The van der Waals surface area contributed by atoms with Gasteiger partial charge in [-0.25, -0.2) is 9.97 Å². The molecule has 0 radical (unpaired) electrons. The maximum Gasteiger partial charge on any atom is 0.189 e. The molecule has 0 saturated heterocycles. The van der Waals surface area contributed by atoms with Crippen molar-refractivity contribution in [2.45, 2.75) is 11.6 Å². The molecule has 7 nitrogen and oxygen atoms in total. The van der Waals surface area contributed by atoms with Gasteiger partial charge in [0, 0.05) is 18.2 Å². The zero-order chi connectivity index (χ0) is 22.2. The molecule has 0 amide bonds. The van der Waals surface area contributed by atoms with Gasteiger partial charge in [-0.3, -0.25) is 4.79 Å². The summed E-state index contributed by atoms with van der Waals surface area (Å²) in [5, 5.41) is 4.02. The molecule has 0 aliphatic carbocycles. The quantitative estimate of drug-likeness (QED) is 0.283. The van der Waals surface area contributed by atoms with Crippen LogP contribution in [0.15, 0.2) is 47.6 Å². The molecule has 0 spiro atoms. The van der Waals surface area contributed by atoms with Crippen molar-refractivity contribution in [1.82, 2.24) is 9.97 Å². The summed E-state index contributed by atoms with van der Waals surface area (Å²) < 4.78 is 15.9. The van der Waals surface area contributed by atoms with Gasteiger partial charge in [0.05, 0.1) is 32.6 Å². The number of aldehydes is 1. The summed E-state index contributed by atoms with van der Waals surface area (Å²) in [4.78, 5) is 20.4. The first kappa shape index (κ1) is 22.4. The summed E-state index contributed by atoms with van der Waals surface area (Å²) in [5.41, 5.74) is 3.27. The van der Waals surface area contributed by atoms with Gasteiger partial charge in [-0.2, -0.15) is 0 Å². The molecule has 0 aliphatic rings. The Morgan fingerprint density at radius 2 is 1.68 bits per heavy atom. The monoisotopic (exact) mass is 439 g/mol. The van der Waals surface area contributed by atoms with Crippen molar-refractivity contribution in [2.24, 2.45) is 0 Å². The molecular formula is C23H25N3O4S. The number of thioether (sulfide) groups is 1. The number of ether oxygens (including phenoxy) is 3. The molecule has 2 aromatic carbocycles. The molecule has 31 heavy (non-hydrogen) atoms. The van der Waals surface area contributed by atoms with Gasteiger partial charge in [-0.15, -0.1) is 0 Å². The molecule has 8 heteroatoms. The predicted molar refractivity (Wildman–Crippen MR) is 123 cm³/mol. The van der Waals surface area contributed by atoms with Crippen LogP contribution in [0.3, 0.4) is 0 Å². The Balaban J connectivity index is 1.77. The average Bonchev–Trinajstić information content (AvgIpc) is 2.83. The highest BCUT2D eigenvalue weighted by Crippen LogP contribution is 2.32. The van der Waals surface area contributed by atoms with Gasteiger partial charge in [-0.05, 0) is 48.6 Å². The van der Waals surface area contributed by atoms with E-state index in [0.717, 1.165) is 35.3 Å². The Morgan fingerprint density at radius 1 is 0.935 bits per heavy atom. The molecule has 1 heterocycles. The standard InChI is InChI=1S/C23H25N3O4S/c1-28-19-7-5-15(11-17(19)14-27)9-10-24-22-13-18(25-23(26-22)31-4)16-6-8-20(29-2)21(12-16)30-3/h5-8,11-14H,9-10H2,1-4H3,(H,24,25,26). The van der Waals surface area contributed by atoms with Crippen LogP contribution in [-0.4, -0.2) is 50.4 Å². The van der Waals surface area contributed by atoms with E-state index in [1.54, 1.807) is 21.3 Å². The van der Waals surface area contributed by atoms with E-state index in [1.807, 2.05) is 48.7 Å². The van der Waals surface area contributed by atoms with Gasteiger partial charge >= 0.3 is 0 Å². The van der Waals surface area contributed by atoms with Crippen LogP contribution in [0.25, 0.3) is 11.3 Å². The fourth-order valence-corrected chi connectivity index (χ4v) is 3.50. The third-order valence-electron chi connectivity index (χ3n) is 4.71. The molecule has 0 aliphatic heterocycles. The fraction of sp³-hybridized carbons (Fsp3) is 0.261. The molecule has 1 N–H and O–H groups in total. The summed E-state index contributed by atoms with van der Waals surface area (Å²) >= 11 is 1.48. The van der Waals surface area contributed by atoms with Crippen LogP contribution < -0.4 is 19.5 Å². The third kappa shape index (κ3) is 5.46. The largest absolute Gasteiger partial charge is 0.496 e. The number of aromatic nitrogens is 2. The van der Waals surface area contributed by atoms with Crippen LogP contribution in [0, 0.1) is 0 Å². The van der Waals surface area contributed by atoms with Crippen molar-refractivity contribution in [3.8, 4) is 28.5 Å². The summed E-state index contributed by atoms with van der Waals surface area (Å²) in [6.07, 6.45) is 3.48. The summed E-state index contributed by atoms with van der Waals surface area (Å²) in [5.74, 6) is 2.61. The van der Waals surface area contributed by atoms with Crippen LogP contribution >= 0.6 is 11.8 Å². The van der Waals surface area contributed by atoms with Crippen LogP contribution in [0.2, 0.25) is 0 Å². The Bertz CT molecular complexity index is 1060. The third-order valence-corrected chi connectivity index (χ3v) is 5.26. The van der Waals surface area contributed by atoms with Crippen LogP contribution in [-0.2, 0) is 6.42 Å². The molecule has 3 aromatic rings. The molecular weight excluding hydrogens is 414 g/mol. The molecule has 0 saturated carbocycles. The lowest BCUT2D eigenvalue weighted by Crippen LogP contribution is -2.08. The van der Waals surface area contributed by atoms with E-state index in [1.165, 1.54) is 11.8 Å². The molecule has 0 fully saturated rings. The minimum absolute atomic E-state index is 0.544. The van der Waals surface area contributed by atoms with Crippen LogP contribution in [0.1, 0.15) is 15.9 Å². The highest BCUT2D eigenvalue weighted by molar-refractivity contribution is 7.98. The number of carbonyl (C=O) groups is 1. The van der Waals surface area contributed by atoms with Gasteiger partial charge in [-0.1, -0.05) is 17.8 Å². The average molecular weight is 440 g/mol. The second-order valence-electron chi connectivity index (χ2n) is 6.57. The first-order chi connectivity index (χ1) is 15.1. The van der Waals surface area contributed by atoms with Gasteiger partial charge in [0.15, 0.2) is 22.9 Å². The van der Waals surface area contributed by atoms with E-state index in [4.69, 9.17) is 14.2 Å². The van der Waals surface area contributed by atoms with Crippen molar-refractivity contribution < 1.29 is 19.0 Å². The van der Waals surface area contributed by atoms with E-state index in [-0.39, 0.29) is 0 Å². The first-order valence-corrected chi connectivity index (χ1v) is 10.9. The topological polar surface area (TPSA) is 82.6 Å². The van der Waals surface area contributed by atoms with E-state index < -0.39 is 0 Å². The number of nitrogens with zero attached hydrogens (tertiary/aromatic N) is 2. The second-order valence-corrected chi connectivity index (χ2v) is 7.34. The zero-order valence-electron chi connectivity index (χ0n) is 18.0. The lowest BCUT2D eigenvalue weighted by molar-refractivity contribution is 0.112. The summed E-state index contributed by atoms with van der Waals surface area (Å²) in [6.45, 7) is 0.654. The minimum atomic E-state index is 0.544. The Hall–Kier alpha value is -3.26. The number of benzene rings is 2. The minimum Gasteiger partial charge on any atom is -0.496 e. The fourth-order valence-electron chi connectivity index (χ4n) is 3.12. The lowest BCUT2D eigenvalue weighted by atomic mass is 10.1. The molecule has 0 atom stereocenters. The van der Waals surface area contributed by atoms with E-state index in [2.05, 4.69) is 15.3 Å². The normalized spacial score (nSPS) is 10.5. The number of methoxy groups -OCH3 is 3. The number of anilines is 1. The Labute approximate surface area is 186 Å². The van der Waals surface area contributed by atoms with Crippen molar-refractivity contribution in [1.29, 1.82) is 0 Å². The molecule has 0 bridgehead atoms. The number of rotatable bonds is 10. The Kier molecular flexibility index (Phi) is 7.72. The van der Waals surface area contributed by atoms with Gasteiger partial charge in [0.1, 0.15) is 11.6 Å². The number of carbonyl (C=O) groups excluding carboxylic acids is 1. The smallest absolute Gasteiger partial charge is 0.189 e.